The SMILES string of the molecule is CC1CC1CN(C)c1nccc(CN)c1F. The molecule has 1 aromatic rings. The van der Waals surface area contributed by atoms with E-state index >= 15 is 0 Å². The molecule has 0 amide bonds. The average molecular weight is 223 g/mol. The maximum atomic E-state index is 13.9. The maximum Gasteiger partial charge on any atom is 0.170 e. The zero-order valence-corrected chi connectivity index (χ0v) is 9.78. The molecule has 0 aromatic carbocycles. The van der Waals surface area contributed by atoms with Crippen LogP contribution in [0.2, 0.25) is 0 Å². The molecule has 1 saturated carbocycles. The fraction of sp³-hybridized carbons (Fsp3) is 0.583. The molecule has 1 aliphatic rings. The van der Waals surface area contributed by atoms with Crippen molar-refractivity contribution >= 4 is 5.82 Å². The van der Waals surface area contributed by atoms with E-state index < -0.39 is 0 Å². The van der Waals surface area contributed by atoms with E-state index in [2.05, 4.69) is 11.9 Å². The third-order valence-corrected chi connectivity index (χ3v) is 3.32. The Morgan fingerprint density at radius 2 is 2.31 bits per heavy atom. The molecule has 1 aliphatic carbocycles. The summed E-state index contributed by atoms with van der Waals surface area (Å²) in [4.78, 5) is 5.98. The first-order valence-electron chi connectivity index (χ1n) is 5.68. The molecule has 0 saturated heterocycles. The highest BCUT2D eigenvalue weighted by atomic mass is 19.1. The molecule has 0 radical (unpaired) electrons. The number of hydrogen-bond acceptors (Lipinski definition) is 3. The predicted octanol–water partition coefficient (Wildman–Crippen LogP) is 1.77. The normalized spacial score (nSPS) is 23.2. The van der Waals surface area contributed by atoms with Gasteiger partial charge in [-0.1, -0.05) is 6.92 Å². The summed E-state index contributed by atoms with van der Waals surface area (Å²) in [7, 11) is 1.89. The van der Waals surface area contributed by atoms with Crippen molar-refractivity contribution in [3.05, 3.63) is 23.6 Å². The summed E-state index contributed by atoms with van der Waals surface area (Å²) < 4.78 is 13.9. The molecular formula is C12H18FN3. The van der Waals surface area contributed by atoms with Gasteiger partial charge < -0.3 is 10.6 Å². The van der Waals surface area contributed by atoms with Crippen LogP contribution in [0.5, 0.6) is 0 Å². The van der Waals surface area contributed by atoms with Gasteiger partial charge in [-0.2, -0.15) is 0 Å². The minimum atomic E-state index is -0.277. The Bertz CT molecular complexity index is 381. The lowest BCUT2D eigenvalue weighted by Crippen LogP contribution is -2.23. The first kappa shape index (κ1) is 11.3. The van der Waals surface area contributed by atoms with Gasteiger partial charge in [0, 0.05) is 31.9 Å². The van der Waals surface area contributed by atoms with Crippen LogP contribution in [-0.4, -0.2) is 18.6 Å². The largest absolute Gasteiger partial charge is 0.357 e. The second kappa shape index (κ2) is 4.37. The Balaban J connectivity index is 2.12. The Hall–Kier alpha value is -1.16. The zero-order chi connectivity index (χ0) is 11.7. The molecule has 1 fully saturated rings. The van der Waals surface area contributed by atoms with Crippen molar-refractivity contribution in [2.75, 3.05) is 18.5 Å². The van der Waals surface area contributed by atoms with E-state index in [0.29, 0.717) is 17.3 Å². The number of pyridine rings is 1. The number of nitrogens with zero attached hydrogens (tertiary/aromatic N) is 2. The summed E-state index contributed by atoms with van der Waals surface area (Å²) in [5.41, 5.74) is 6.00. The van der Waals surface area contributed by atoms with Crippen molar-refractivity contribution in [3.63, 3.8) is 0 Å². The molecule has 2 unspecified atom stereocenters. The van der Waals surface area contributed by atoms with Gasteiger partial charge in [-0.25, -0.2) is 9.37 Å². The Kier molecular flexibility index (Phi) is 3.10. The molecule has 0 aliphatic heterocycles. The lowest BCUT2D eigenvalue weighted by Gasteiger charge is -2.19. The lowest BCUT2D eigenvalue weighted by atomic mass is 10.2. The van der Waals surface area contributed by atoms with E-state index in [1.165, 1.54) is 6.42 Å². The first-order chi connectivity index (χ1) is 7.63. The van der Waals surface area contributed by atoms with Crippen LogP contribution in [0.1, 0.15) is 18.9 Å². The van der Waals surface area contributed by atoms with E-state index in [1.54, 1.807) is 12.3 Å². The monoisotopic (exact) mass is 223 g/mol. The number of aromatic nitrogens is 1. The second-order valence-electron chi connectivity index (χ2n) is 4.67. The van der Waals surface area contributed by atoms with Crippen LogP contribution in [0.25, 0.3) is 0 Å². The van der Waals surface area contributed by atoms with Gasteiger partial charge in [-0.15, -0.1) is 0 Å². The molecule has 1 heterocycles. The van der Waals surface area contributed by atoms with Crippen molar-refractivity contribution in [2.24, 2.45) is 17.6 Å². The van der Waals surface area contributed by atoms with E-state index in [1.807, 2.05) is 11.9 Å². The summed E-state index contributed by atoms with van der Waals surface area (Å²) >= 11 is 0. The molecule has 2 rings (SSSR count). The fourth-order valence-corrected chi connectivity index (χ4v) is 1.99. The van der Waals surface area contributed by atoms with Crippen LogP contribution >= 0.6 is 0 Å². The van der Waals surface area contributed by atoms with Crippen molar-refractivity contribution in [1.82, 2.24) is 4.98 Å². The number of anilines is 1. The summed E-state index contributed by atoms with van der Waals surface area (Å²) in [6, 6.07) is 1.63. The van der Waals surface area contributed by atoms with Gasteiger partial charge >= 0.3 is 0 Å². The highest BCUT2D eigenvalue weighted by molar-refractivity contribution is 5.42. The summed E-state index contributed by atoms with van der Waals surface area (Å²) in [6.07, 6.45) is 2.86. The number of hydrogen-bond donors (Lipinski definition) is 1. The van der Waals surface area contributed by atoms with Gasteiger partial charge in [0.2, 0.25) is 0 Å². The smallest absolute Gasteiger partial charge is 0.170 e. The molecule has 0 spiro atoms. The summed E-state index contributed by atoms with van der Waals surface area (Å²) in [5, 5.41) is 0. The van der Waals surface area contributed by atoms with Crippen LogP contribution < -0.4 is 10.6 Å². The van der Waals surface area contributed by atoms with Crippen LogP contribution in [0, 0.1) is 17.7 Å². The molecule has 1 aromatic heterocycles. The van der Waals surface area contributed by atoms with Gasteiger partial charge in [-0.3, -0.25) is 0 Å². The minimum Gasteiger partial charge on any atom is -0.357 e. The number of nitrogens with two attached hydrogens (primary N) is 1. The standard InChI is InChI=1S/C12H18FN3/c1-8-5-10(8)7-16(2)12-11(13)9(6-14)3-4-15-12/h3-4,8,10H,5-7,14H2,1-2H3. The van der Waals surface area contributed by atoms with E-state index in [9.17, 15) is 4.39 Å². The quantitative estimate of drug-likeness (QED) is 0.846. The molecular weight excluding hydrogens is 205 g/mol. The Labute approximate surface area is 95.5 Å². The average Bonchev–Trinajstić information content (AvgIpc) is 2.94. The molecule has 16 heavy (non-hydrogen) atoms. The topological polar surface area (TPSA) is 42.2 Å². The predicted molar refractivity (Wildman–Crippen MR) is 62.6 cm³/mol. The number of rotatable bonds is 4. The lowest BCUT2D eigenvalue weighted by molar-refractivity contribution is 0.593. The number of halogens is 1. The molecule has 88 valence electrons. The molecule has 3 nitrogen and oxygen atoms in total. The van der Waals surface area contributed by atoms with Gasteiger partial charge in [-0.05, 0) is 24.3 Å². The zero-order valence-electron chi connectivity index (χ0n) is 9.78. The van der Waals surface area contributed by atoms with Crippen molar-refractivity contribution in [2.45, 2.75) is 19.9 Å². The van der Waals surface area contributed by atoms with Gasteiger partial charge in [0.05, 0.1) is 0 Å². The third kappa shape index (κ3) is 2.16. The molecule has 2 N–H and O–H groups in total. The maximum absolute atomic E-state index is 13.9. The van der Waals surface area contributed by atoms with Gasteiger partial charge in [0.1, 0.15) is 0 Å². The second-order valence-corrected chi connectivity index (χ2v) is 4.67. The van der Waals surface area contributed by atoms with E-state index in [-0.39, 0.29) is 12.4 Å². The van der Waals surface area contributed by atoms with Gasteiger partial charge in [0.25, 0.3) is 0 Å². The van der Waals surface area contributed by atoms with Crippen molar-refractivity contribution in [1.29, 1.82) is 0 Å². The summed E-state index contributed by atoms with van der Waals surface area (Å²) in [6.45, 7) is 3.31. The summed E-state index contributed by atoms with van der Waals surface area (Å²) in [5.74, 6) is 1.60. The van der Waals surface area contributed by atoms with Crippen LogP contribution in [0.4, 0.5) is 10.2 Å². The minimum absolute atomic E-state index is 0.217. The van der Waals surface area contributed by atoms with Crippen molar-refractivity contribution in [3.8, 4) is 0 Å². The van der Waals surface area contributed by atoms with Crippen LogP contribution in [-0.2, 0) is 6.54 Å². The van der Waals surface area contributed by atoms with Crippen LogP contribution in [0.3, 0.4) is 0 Å². The van der Waals surface area contributed by atoms with Crippen molar-refractivity contribution < 1.29 is 4.39 Å². The van der Waals surface area contributed by atoms with Crippen LogP contribution in [0.15, 0.2) is 12.3 Å². The fourth-order valence-electron chi connectivity index (χ4n) is 1.99. The third-order valence-electron chi connectivity index (χ3n) is 3.32. The molecule has 2 atom stereocenters. The highest BCUT2D eigenvalue weighted by Gasteiger charge is 2.33. The Morgan fingerprint density at radius 1 is 1.62 bits per heavy atom. The van der Waals surface area contributed by atoms with E-state index in [4.69, 9.17) is 5.73 Å². The highest BCUT2D eigenvalue weighted by Crippen LogP contribution is 2.38. The molecule has 4 heteroatoms. The van der Waals surface area contributed by atoms with Gasteiger partial charge in [0.15, 0.2) is 11.6 Å². The molecule has 0 bridgehead atoms. The Morgan fingerprint density at radius 3 is 2.88 bits per heavy atom. The van der Waals surface area contributed by atoms with E-state index in [0.717, 1.165) is 12.5 Å². The first-order valence-corrected chi connectivity index (χ1v) is 5.68.